The van der Waals surface area contributed by atoms with Crippen LogP contribution in [0.25, 0.3) is 5.52 Å². The maximum atomic E-state index is 11.5. The Morgan fingerprint density at radius 2 is 2.06 bits per heavy atom. The molecule has 0 atom stereocenters. The van der Waals surface area contributed by atoms with Gasteiger partial charge in [-0.05, 0) is 12.1 Å². The van der Waals surface area contributed by atoms with Gasteiger partial charge in [0.15, 0.2) is 5.69 Å². The Hall–Kier alpha value is -2.57. The van der Waals surface area contributed by atoms with E-state index in [1.54, 1.807) is 12.1 Å². The summed E-state index contributed by atoms with van der Waals surface area (Å²) in [4.78, 5) is 26.3. The number of methoxy groups -OCH3 is 2. The van der Waals surface area contributed by atoms with Crippen LogP contribution < -0.4 is 4.74 Å². The molecule has 7 nitrogen and oxygen atoms in total. The third-order valence-electron chi connectivity index (χ3n) is 2.42. The van der Waals surface area contributed by atoms with Crippen molar-refractivity contribution in [2.45, 2.75) is 0 Å². The van der Waals surface area contributed by atoms with Crippen molar-refractivity contribution in [2.24, 2.45) is 0 Å². The average molecular weight is 250 g/mol. The monoisotopic (exact) mass is 250 g/mol. The number of pyridine rings is 1. The second-order valence-electron chi connectivity index (χ2n) is 3.40. The van der Waals surface area contributed by atoms with Gasteiger partial charge in [0.2, 0.25) is 5.82 Å². The number of rotatable bonds is 3. The predicted molar refractivity (Wildman–Crippen MR) is 60.0 cm³/mol. The van der Waals surface area contributed by atoms with Gasteiger partial charge >= 0.3 is 11.9 Å². The van der Waals surface area contributed by atoms with Gasteiger partial charge in [-0.2, -0.15) is 0 Å². The molecule has 7 heteroatoms. The number of aromatic carboxylic acids is 1. The Balaban J connectivity index is 2.75. The molecule has 2 heterocycles. The maximum Gasteiger partial charge on any atom is 0.372 e. The van der Waals surface area contributed by atoms with Crippen LogP contribution in [0.5, 0.6) is 5.75 Å². The zero-order valence-electron chi connectivity index (χ0n) is 9.71. The fraction of sp³-hybridized carbons (Fsp3) is 0.182. The molecule has 0 aromatic carbocycles. The maximum absolute atomic E-state index is 11.5. The lowest BCUT2D eigenvalue weighted by molar-refractivity contribution is 0.0597. The van der Waals surface area contributed by atoms with Gasteiger partial charge < -0.3 is 14.6 Å². The van der Waals surface area contributed by atoms with E-state index in [4.69, 9.17) is 9.84 Å². The SMILES string of the molecule is COC(=O)c1nc(C(=O)O)n2cc(OC)ccc12. The first-order chi connectivity index (χ1) is 8.58. The summed E-state index contributed by atoms with van der Waals surface area (Å²) in [7, 11) is 2.66. The minimum absolute atomic E-state index is 0.0439. The van der Waals surface area contributed by atoms with E-state index in [0.29, 0.717) is 11.3 Å². The van der Waals surface area contributed by atoms with Crippen molar-refractivity contribution in [3.63, 3.8) is 0 Å². The van der Waals surface area contributed by atoms with E-state index < -0.39 is 11.9 Å². The predicted octanol–water partition coefficient (Wildman–Crippen LogP) is 0.828. The van der Waals surface area contributed by atoms with Crippen LogP contribution in [0.1, 0.15) is 21.1 Å². The van der Waals surface area contributed by atoms with Crippen LogP contribution >= 0.6 is 0 Å². The topological polar surface area (TPSA) is 90.1 Å². The van der Waals surface area contributed by atoms with E-state index >= 15 is 0 Å². The average Bonchev–Trinajstić information content (AvgIpc) is 2.76. The summed E-state index contributed by atoms with van der Waals surface area (Å²) in [5.41, 5.74) is 0.303. The number of fused-ring (bicyclic) bond motifs is 1. The van der Waals surface area contributed by atoms with E-state index in [-0.39, 0.29) is 11.5 Å². The van der Waals surface area contributed by atoms with Gasteiger partial charge in [-0.25, -0.2) is 14.6 Å². The molecule has 0 aliphatic rings. The largest absolute Gasteiger partial charge is 0.495 e. The minimum Gasteiger partial charge on any atom is -0.495 e. The molecule has 1 N–H and O–H groups in total. The number of carboxylic acid groups (broad SMARTS) is 1. The van der Waals surface area contributed by atoms with Crippen molar-refractivity contribution in [1.82, 2.24) is 9.38 Å². The molecule has 0 aliphatic carbocycles. The molecule has 2 aromatic rings. The smallest absolute Gasteiger partial charge is 0.372 e. The van der Waals surface area contributed by atoms with Gasteiger partial charge in [-0.3, -0.25) is 4.40 Å². The van der Waals surface area contributed by atoms with Crippen LogP contribution in [-0.2, 0) is 4.74 Å². The van der Waals surface area contributed by atoms with E-state index in [9.17, 15) is 9.59 Å². The number of carbonyl (C=O) groups excluding carboxylic acids is 1. The molecule has 0 saturated carbocycles. The Morgan fingerprint density at radius 3 is 2.61 bits per heavy atom. The Morgan fingerprint density at radius 1 is 1.33 bits per heavy atom. The normalized spacial score (nSPS) is 10.3. The summed E-state index contributed by atoms with van der Waals surface area (Å²) in [6.45, 7) is 0. The van der Waals surface area contributed by atoms with Crippen molar-refractivity contribution in [2.75, 3.05) is 14.2 Å². The number of hydrogen-bond donors (Lipinski definition) is 1. The highest BCUT2D eigenvalue weighted by Gasteiger charge is 2.21. The first-order valence-electron chi connectivity index (χ1n) is 4.96. The van der Waals surface area contributed by atoms with Gasteiger partial charge in [0.05, 0.1) is 25.9 Å². The standard InChI is InChI=1S/C11H10N2O5/c1-17-6-3-4-7-8(11(16)18-2)12-9(10(14)15)13(7)5-6/h3-5H,1-2H3,(H,14,15). The molecule has 0 spiro atoms. The van der Waals surface area contributed by atoms with Crippen LogP contribution in [0.2, 0.25) is 0 Å². The fourth-order valence-electron chi connectivity index (χ4n) is 1.58. The van der Waals surface area contributed by atoms with Crippen LogP contribution in [0.3, 0.4) is 0 Å². The molecule has 0 amide bonds. The van der Waals surface area contributed by atoms with E-state index in [2.05, 4.69) is 9.72 Å². The number of nitrogens with zero attached hydrogens (tertiary/aromatic N) is 2. The number of ether oxygens (including phenoxy) is 2. The molecule has 0 bridgehead atoms. The van der Waals surface area contributed by atoms with Crippen molar-refractivity contribution in [3.05, 3.63) is 29.8 Å². The molecule has 94 valence electrons. The van der Waals surface area contributed by atoms with Crippen LogP contribution in [-0.4, -0.2) is 40.6 Å². The summed E-state index contributed by atoms with van der Waals surface area (Å²) < 4.78 is 10.8. The van der Waals surface area contributed by atoms with Crippen molar-refractivity contribution < 1.29 is 24.2 Å². The molecule has 0 radical (unpaired) electrons. The lowest BCUT2D eigenvalue weighted by Gasteiger charge is -2.02. The summed E-state index contributed by atoms with van der Waals surface area (Å²) in [5.74, 6) is -1.75. The highest BCUT2D eigenvalue weighted by Crippen LogP contribution is 2.19. The van der Waals surface area contributed by atoms with Crippen molar-refractivity contribution in [1.29, 1.82) is 0 Å². The molecule has 2 aromatic heterocycles. The second-order valence-corrected chi connectivity index (χ2v) is 3.40. The van der Waals surface area contributed by atoms with Crippen LogP contribution in [0, 0.1) is 0 Å². The molecule has 0 aliphatic heterocycles. The van der Waals surface area contributed by atoms with E-state index in [1.165, 1.54) is 24.8 Å². The molecule has 0 fully saturated rings. The van der Waals surface area contributed by atoms with Crippen LogP contribution in [0.4, 0.5) is 0 Å². The summed E-state index contributed by atoms with van der Waals surface area (Å²) in [6, 6.07) is 3.15. The second kappa shape index (κ2) is 4.36. The fourth-order valence-corrected chi connectivity index (χ4v) is 1.58. The number of hydrogen-bond acceptors (Lipinski definition) is 5. The summed E-state index contributed by atoms with van der Waals surface area (Å²) in [5, 5.41) is 9.04. The molecule has 18 heavy (non-hydrogen) atoms. The number of carboxylic acids is 1. The first kappa shape index (κ1) is 11.9. The third kappa shape index (κ3) is 1.75. The Kier molecular flexibility index (Phi) is 2.88. The lowest BCUT2D eigenvalue weighted by Crippen LogP contribution is -2.04. The first-order valence-corrected chi connectivity index (χ1v) is 4.96. The Labute approximate surface area is 102 Å². The van der Waals surface area contributed by atoms with Gasteiger partial charge in [-0.1, -0.05) is 0 Å². The quantitative estimate of drug-likeness (QED) is 0.811. The summed E-state index contributed by atoms with van der Waals surface area (Å²) >= 11 is 0. The van der Waals surface area contributed by atoms with Crippen molar-refractivity contribution in [3.8, 4) is 5.75 Å². The lowest BCUT2D eigenvalue weighted by atomic mass is 10.3. The number of aromatic nitrogens is 2. The molecule has 0 saturated heterocycles. The minimum atomic E-state index is -1.24. The molecule has 2 rings (SSSR count). The van der Waals surface area contributed by atoms with Gasteiger partial charge in [0.1, 0.15) is 5.75 Å². The van der Waals surface area contributed by atoms with E-state index in [0.717, 1.165) is 0 Å². The number of carbonyl (C=O) groups is 2. The number of esters is 1. The van der Waals surface area contributed by atoms with Gasteiger partial charge in [0.25, 0.3) is 0 Å². The van der Waals surface area contributed by atoms with Crippen LogP contribution in [0.15, 0.2) is 18.3 Å². The third-order valence-corrected chi connectivity index (χ3v) is 2.42. The molecule has 0 unspecified atom stereocenters. The molecular weight excluding hydrogens is 240 g/mol. The highest BCUT2D eigenvalue weighted by atomic mass is 16.5. The van der Waals surface area contributed by atoms with Gasteiger partial charge in [0, 0.05) is 0 Å². The molecular formula is C11H10N2O5. The van der Waals surface area contributed by atoms with E-state index in [1.807, 2.05) is 0 Å². The van der Waals surface area contributed by atoms with Gasteiger partial charge in [-0.15, -0.1) is 0 Å². The summed E-state index contributed by atoms with van der Waals surface area (Å²) in [6.07, 6.45) is 1.44. The Bertz CT molecular complexity index is 632. The number of imidazole rings is 1. The highest BCUT2D eigenvalue weighted by molar-refractivity contribution is 5.98. The zero-order chi connectivity index (χ0) is 13.3. The van der Waals surface area contributed by atoms with Crippen molar-refractivity contribution >= 4 is 17.5 Å². The zero-order valence-corrected chi connectivity index (χ0v) is 9.71.